The number of amides is 4. The Kier molecular flexibility index (Phi) is 12.1. The van der Waals surface area contributed by atoms with E-state index >= 15 is 0 Å². The second kappa shape index (κ2) is 15.5. The quantitative estimate of drug-likeness (QED) is 0.198. The first kappa shape index (κ1) is 35.1. The minimum atomic E-state index is -1.16. The molecule has 3 aromatic carbocycles. The van der Waals surface area contributed by atoms with Gasteiger partial charge in [-0.15, -0.1) is 0 Å². The van der Waals surface area contributed by atoms with E-state index in [4.69, 9.17) is 10.5 Å². The summed E-state index contributed by atoms with van der Waals surface area (Å²) in [6.45, 7) is 13.2. The van der Waals surface area contributed by atoms with Crippen LogP contribution in [0, 0.1) is 12.8 Å². The molecule has 0 fully saturated rings. The van der Waals surface area contributed by atoms with E-state index in [1.807, 2.05) is 80.6 Å². The van der Waals surface area contributed by atoms with Crippen LogP contribution in [0.15, 0.2) is 66.7 Å². The maximum Gasteiger partial charge on any atom is 0.408 e. The first-order chi connectivity index (χ1) is 21.1. The van der Waals surface area contributed by atoms with Gasteiger partial charge in [0.2, 0.25) is 11.8 Å². The summed E-state index contributed by atoms with van der Waals surface area (Å²) in [7, 11) is 0. The molecule has 0 radical (unpaired) electrons. The zero-order valence-electron chi connectivity index (χ0n) is 27.6. The van der Waals surface area contributed by atoms with Crippen LogP contribution in [0.25, 0.3) is 10.8 Å². The molecule has 0 saturated heterocycles. The molecule has 3 atom stereocenters. The van der Waals surface area contributed by atoms with Gasteiger partial charge in [0, 0.05) is 18.2 Å². The topological polar surface area (TPSA) is 131 Å². The number of hydrogen-bond acceptors (Lipinski definition) is 5. The zero-order valence-corrected chi connectivity index (χ0v) is 27.6. The summed E-state index contributed by atoms with van der Waals surface area (Å²) >= 11 is 0. The van der Waals surface area contributed by atoms with Gasteiger partial charge in [-0.25, -0.2) is 4.79 Å². The van der Waals surface area contributed by atoms with Gasteiger partial charge in [0.05, 0.1) is 0 Å². The minimum absolute atomic E-state index is 0.0479. The van der Waals surface area contributed by atoms with E-state index in [-0.39, 0.29) is 12.8 Å². The molecule has 9 nitrogen and oxygen atoms in total. The van der Waals surface area contributed by atoms with Gasteiger partial charge < -0.3 is 26.0 Å². The molecule has 45 heavy (non-hydrogen) atoms. The van der Waals surface area contributed by atoms with Crippen molar-refractivity contribution in [3.8, 4) is 0 Å². The van der Waals surface area contributed by atoms with Gasteiger partial charge in [0.15, 0.2) is 0 Å². The van der Waals surface area contributed by atoms with Crippen LogP contribution in [0.1, 0.15) is 84.4 Å². The number of carbonyl (C=O) groups is 4. The third-order valence-electron chi connectivity index (χ3n) is 7.50. The minimum Gasteiger partial charge on any atom is -0.444 e. The Morgan fingerprint density at radius 1 is 0.867 bits per heavy atom. The number of anilines is 1. The van der Waals surface area contributed by atoms with Crippen molar-refractivity contribution in [3.05, 3.63) is 77.9 Å². The Balaban J connectivity index is 2.09. The third-order valence-corrected chi connectivity index (χ3v) is 7.50. The normalized spacial score (nSPS) is 13.5. The van der Waals surface area contributed by atoms with Gasteiger partial charge in [0.1, 0.15) is 17.7 Å². The molecule has 4 N–H and O–H groups in total. The summed E-state index contributed by atoms with van der Waals surface area (Å²) in [5.74, 6) is -1.15. The molecular formula is C36H48N4O5. The predicted molar refractivity (Wildman–Crippen MR) is 178 cm³/mol. The van der Waals surface area contributed by atoms with Crippen molar-refractivity contribution in [2.24, 2.45) is 11.7 Å². The van der Waals surface area contributed by atoms with Crippen LogP contribution >= 0.6 is 0 Å². The molecule has 0 spiro atoms. The third kappa shape index (κ3) is 10.6. The van der Waals surface area contributed by atoms with Gasteiger partial charge in [-0.3, -0.25) is 14.4 Å². The Morgan fingerprint density at radius 2 is 1.51 bits per heavy atom. The molecule has 0 saturated carbocycles. The summed E-state index contributed by atoms with van der Waals surface area (Å²) in [4.78, 5) is 55.1. The van der Waals surface area contributed by atoms with E-state index < -0.39 is 47.5 Å². The summed E-state index contributed by atoms with van der Waals surface area (Å²) in [5.41, 5.74) is 6.86. The number of fused-ring (bicyclic) bond motifs is 1. The van der Waals surface area contributed by atoms with Crippen LogP contribution in [0.4, 0.5) is 10.5 Å². The molecule has 3 rings (SSSR count). The van der Waals surface area contributed by atoms with E-state index in [0.717, 1.165) is 22.8 Å². The Morgan fingerprint density at radius 3 is 2.11 bits per heavy atom. The van der Waals surface area contributed by atoms with Gasteiger partial charge in [0.25, 0.3) is 5.91 Å². The lowest BCUT2D eigenvalue weighted by atomic mass is 9.96. The summed E-state index contributed by atoms with van der Waals surface area (Å²) in [5, 5.41) is 7.71. The van der Waals surface area contributed by atoms with Crippen LogP contribution in [-0.2, 0) is 19.1 Å². The fourth-order valence-corrected chi connectivity index (χ4v) is 5.15. The van der Waals surface area contributed by atoms with Crippen LogP contribution in [0.5, 0.6) is 0 Å². The lowest BCUT2D eigenvalue weighted by Gasteiger charge is -2.39. The highest BCUT2D eigenvalue weighted by Crippen LogP contribution is 2.30. The SMILES string of the molecule is Cc1ccc(C(C(=O)Nc2ccc3ccccc3c2)N(C(=O)C(CCC(N)=O)NC(=O)OC(C)(C)C)C(C)CCC(C)C)cc1. The fourth-order valence-electron chi connectivity index (χ4n) is 5.15. The molecule has 0 aromatic heterocycles. The number of alkyl carbamates (subject to hydrolysis) is 1. The van der Waals surface area contributed by atoms with Crippen LogP contribution < -0.4 is 16.4 Å². The van der Waals surface area contributed by atoms with Crippen molar-refractivity contribution in [1.82, 2.24) is 10.2 Å². The van der Waals surface area contributed by atoms with Crippen molar-refractivity contribution in [3.63, 3.8) is 0 Å². The van der Waals surface area contributed by atoms with Crippen LogP contribution in [-0.4, -0.2) is 46.4 Å². The van der Waals surface area contributed by atoms with E-state index in [1.54, 1.807) is 25.7 Å². The number of hydrogen-bond donors (Lipinski definition) is 3. The first-order valence-corrected chi connectivity index (χ1v) is 15.6. The number of nitrogens with two attached hydrogens (primary N) is 1. The van der Waals surface area contributed by atoms with E-state index in [2.05, 4.69) is 24.5 Å². The number of nitrogens with zero attached hydrogens (tertiary/aromatic N) is 1. The molecule has 3 aromatic rings. The number of carbonyl (C=O) groups excluding carboxylic acids is 4. The average Bonchev–Trinajstić information content (AvgIpc) is 2.95. The van der Waals surface area contributed by atoms with E-state index in [0.29, 0.717) is 23.6 Å². The number of ether oxygens (including phenoxy) is 1. The maximum absolute atomic E-state index is 14.6. The molecule has 0 aliphatic carbocycles. The molecule has 0 heterocycles. The van der Waals surface area contributed by atoms with Crippen molar-refractivity contribution in [2.75, 3.05) is 5.32 Å². The molecular weight excluding hydrogens is 568 g/mol. The van der Waals surface area contributed by atoms with Crippen molar-refractivity contribution >= 4 is 40.3 Å². The average molecular weight is 617 g/mol. The highest BCUT2D eigenvalue weighted by Gasteiger charge is 2.39. The van der Waals surface area contributed by atoms with Crippen LogP contribution in [0.3, 0.4) is 0 Å². The van der Waals surface area contributed by atoms with Gasteiger partial charge >= 0.3 is 6.09 Å². The van der Waals surface area contributed by atoms with Crippen molar-refractivity contribution in [1.29, 1.82) is 0 Å². The zero-order chi connectivity index (χ0) is 33.3. The molecule has 9 heteroatoms. The molecule has 0 aliphatic rings. The first-order valence-electron chi connectivity index (χ1n) is 15.6. The fraction of sp³-hybridized carbons (Fsp3) is 0.444. The monoisotopic (exact) mass is 616 g/mol. The number of aryl methyl sites for hydroxylation is 1. The number of rotatable bonds is 13. The second-order valence-electron chi connectivity index (χ2n) is 13.1. The highest BCUT2D eigenvalue weighted by atomic mass is 16.6. The summed E-state index contributed by atoms with van der Waals surface area (Å²) in [6, 6.07) is 18.4. The van der Waals surface area contributed by atoms with Gasteiger partial charge in [-0.05, 0) is 88.3 Å². The molecule has 3 unspecified atom stereocenters. The summed E-state index contributed by atoms with van der Waals surface area (Å²) < 4.78 is 5.45. The standard InChI is InChI=1S/C36H48N4O5/c1-23(2)12-15-25(4)40(34(43)30(20-21-31(37)41)39-35(44)45-36(5,6)7)32(27-16-13-24(3)14-17-27)33(42)38-29-19-18-26-10-8-9-11-28(26)22-29/h8-11,13-14,16-19,22-23,25,30,32H,12,15,20-21H2,1-7H3,(H2,37,41)(H,38,42)(H,39,44). The van der Waals surface area contributed by atoms with Crippen LogP contribution in [0.2, 0.25) is 0 Å². The molecule has 242 valence electrons. The number of primary amides is 1. The largest absolute Gasteiger partial charge is 0.444 e. The molecule has 0 aliphatic heterocycles. The van der Waals surface area contributed by atoms with Crippen molar-refractivity contribution in [2.45, 2.75) is 97.9 Å². The number of nitrogens with one attached hydrogen (secondary N) is 2. The molecule has 0 bridgehead atoms. The van der Waals surface area contributed by atoms with E-state index in [9.17, 15) is 19.2 Å². The smallest absolute Gasteiger partial charge is 0.408 e. The lowest BCUT2D eigenvalue weighted by Crippen LogP contribution is -2.55. The Bertz CT molecular complexity index is 1480. The van der Waals surface area contributed by atoms with Crippen molar-refractivity contribution < 1.29 is 23.9 Å². The Hall–Kier alpha value is -4.40. The predicted octanol–water partition coefficient (Wildman–Crippen LogP) is 6.64. The Labute approximate surface area is 266 Å². The lowest BCUT2D eigenvalue weighted by molar-refractivity contribution is -0.143. The summed E-state index contributed by atoms with van der Waals surface area (Å²) in [6.07, 6.45) is 0.438. The number of benzene rings is 3. The highest BCUT2D eigenvalue weighted by molar-refractivity contribution is 6.00. The molecule has 4 amide bonds. The second-order valence-corrected chi connectivity index (χ2v) is 13.1. The van der Waals surface area contributed by atoms with Gasteiger partial charge in [-0.2, -0.15) is 0 Å². The maximum atomic E-state index is 14.6. The van der Waals surface area contributed by atoms with E-state index in [1.165, 1.54) is 0 Å². The van der Waals surface area contributed by atoms with Gasteiger partial charge in [-0.1, -0.05) is 74.0 Å².